The van der Waals surface area contributed by atoms with Gasteiger partial charge in [0.2, 0.25) is 0 Å². The Morgan fingerprint density at radius 3 is 2.53 bits per heavy atom. The van der Waals surface area contributed by atoms with Crippen molar-refractivity contribution in [2.75, 3.05) is 26.1 Å². The number of para-hydroxylation sites is 1. The van der Waals surface area contributed by atoms with E-state index in [2.05, 4.69) is 5.10 Å². The summed E-state index contributed by atoms with van der Waals surface area (Å²) in [5.41, 5.74) is 2.99. The smallest absolute Gasteiger partial charge is 0.151 e. The van der Waals surface area contributed by atoms with Gasteiger partial charge in [-0.05, 0) is 18.2 Å². The van der Waals surface area contributed by atoms with Crippen LogP contribution in [-0.2, 0) is 7.05 Å². The van der Waals surface area contributed by atoms with Gasteiger partial charge < -0.3 is 9.64 Å². The monoisotopic (exact) mass is 231 g/mol. The Kier molecular flexibility index (Phi) is 3.04. The van der Waals surface area contributed by atoms with E-state index in [9.17, 15) is 0 Å². The summed E-state index contributed by atoms with van der Waals surface area (Å²) < 4.78 is 7.30. The molecule has 0 aliphatic carbocycles. The molecule has 0 N–H and O–H groups in total. The van der Waals surface area contributed by atoms with Gasteiger partial charge in [0.25, 0.3) is 0 Å². The Bertz CT molecular complexity index is 517. The lowest BCUT2D eigenvalue weighted by atomic mass is 10.1. The zero-order valence-electron chi connectivity index (χ0n) is 10.6. The quantitative estimate of drug-likeness (QED) is 0.811. The SMILES string of the molecule is COc1c(-c2ccn(C)n2)cccc1N(C)C. The average Bonchev–Trinajstić information content (AvgIpc) is 2.74. The standard InChI is InChI=1S/C13H17N3O/c1-15(2)12-7-5-6-10(13(12)17-4)11-8-9-16(3)14-11/h5-9H,1-4H3. The van der Waals surface area contributed by atoms with Crippen molar-refractivity contribution in [1.29, 1.82) is 0 Å². The summed E-state index contributed by atoms with van der Waals surface area (Å²) in [6.45, 7) is 0. The van der Waals surface area contributed by atoms with Gasteiger partial charge in [-0.25, -0.2) is 0 Å². The first-order valence-corrected chi connectivity index (χ1v) is 5.48. The minimum absolute atomic E-state index is 0.858. The Morgan fingerprint density at radius 1 is 1.24 bits per heavy atom. The Labute approximate surface area is 101 Å². The molecule has 0 atom stereocenters. The van der Waals surface area contributed by atoms with Crippen LogP contribution in [0.15, 0.2) is 30.5 Å². The van der Waals surface area contributed by atoms with Gasteiger partial charge in [0, 0.05) is 32.9 Å². The number of aromatic nitrogens is 2. The van der Waals surface area contributed by atoms with Crippen LogP contribution < -0.4 is 9.64 Å². The van der Waals surface area contributed by atoms with Gasteiger partial charge in [-0.2, -0.15) is 5.10 Å². The topological polar surface area (TPSA) is 30.3 Å². The first kappa shape index (κ1) is 11.5. The molecule has 0 bridgehead atoms. The van der Waals surface area contributed by atoms with Gasteiger partial charge in [0.05, 0.1) is 18.5 Å². The third-order valence-corrected chi connectivity index (χ3v) is 2.67. The lowest BCUT2D eigenvalue weighted by Gasteiger charge is -2.18. The van der Waals surface area contributed by atoms with E-state index in [1.807, 2.05) is 56.5 Å². The van der Waals surface area contributed by atoms with E-state index in [-0.39, 0.29) is 0 Å². The molecule has 0 saturated heterocycles. The van der Waals surface area contributed by atoms with E-state index in [0.29, 0.717) is 0 Å². The van der Waals surface area contributed by atoms with Crippen molar-refractivity contribution in [3.63, 3.8) is 0 Å². The number of hydrogen-bond donors (Lipinski definition) is 0. The lowest BCUT2D eigenvalue weighted by Crippen LogP contribution is -2.10. The van der Waals surface area contributed by atoms with Crippen LogP contribution in [0.3, 0.4) is 0 Å². The van der Waals surface area contributed by atoms with Crippen molar-refractivity contribution < 1.29 is 4.74 Å². The van der Waals surface area contributed by atoms with Crippen molar-refractivity contribution in [3.8, 4) is 17.0 Å². The second kappa shape index (κ2) is 4.49. The number of hydrogen-bond acceptors (Lipinski definition) is 3. The van der Waals surface area contributed by atoms with Crippen LogP contribution >= 0.6 is 0 Å². The first-order valence-electron chi connectivity index (χ1n) is 5.48. The highest BCUT2D eigenvalue weighted by Crippen LogP contribution is 2.36. The number of benzene rings is 1. The van der Waals surface area contributed by atoms with Crippen LogP contribution in [-0.4, -0.2) is 31.0 Å². The molecular formula is C13H17N3O. The van der Waals surface area contributed by atoms with Crippen molar-refractivity contribution in [2.45, 2.75) is 0 Å². The molecule has 0 saturated carbocycles. The zero-order chi connectivity index (χ0) is 12.4. The summed E-state index contributed by atoms with van der Waals surface area (Å²) in [5, 5.41) is 4.41. The first-order chi connectivity index (χ1) is 8.13. The fourth-order valence-electron chi connectivity index (χ4n) is 1.85. The highest BCUT2D eigenvalue weighted by atomic mass is 16.5. The maximum Gasteiger partial charge on any atom is 0.151 e. The third-order valence-electron chi connectivity index (χ3n) is 2.67. The normalized spacial score (nSPS) is 10.4. The molecule has 0 aliphatic heterocycles. The van der Waals surface area contributed by atoms with E-state index >= 15 is 0 Å². The average molecular weight is 231 g/mol. The number of methoxy groups -OCH3 is 1. The number of rotatable bonds is 3. The van der Waals surface area contributed by atoms with Gasteiger partial charge in [-0.1, -0.05) is 6.07 Å². The molecular weight excluding hydrogens is 214 g/mol. The van der Waals surface area contributed by atoms with Gasteiger partial charge in [-0.15, -0.1) is 0 Å². The van der Waals surface area contributed by atoms with Crippen LogP contribution in [0, 0.1) is 0 Å². The predicted octanol–water partition coefficient (Wildman–Crippen LogP) is 2.16. The molecule has 0 spiro atoms. The van der Waals surface area contributed by atoms with E-state index in [0.717, 1.165) is 22.7 Å². The molecule has 17 heavy (non-hydrogen) atoms. The van der Waals surface area contributed by atoms with Crippen molar-refractivity contribution in [3.05, 3.63) is 30.5 Å². The van der Waals surface area contributed by atoms with E-state index in [1.54, 1.807) is 11.8 Å². The molecule has 2 rings (SSSR count). The molecule has 1 heterocycles. The van der Waals surface area contributed by atoms with Crippen molar-refractivity contribution in [2.24, 2.45) is 7.05 Å². The maximum atomic E-state index is 5.51. The minimum atomic E-state index is 0.858. The molecule has 0 fully saturated rings. The number of ether oxygens (including phenoxy) is 1. The Morgan fingerprint density at radius 2 is 2.00 bits per heavy atom. The van der Waals surface area contributed by atoms with Crippen molar-refractivity contribution >= 4 is 5.69 Å². The summed E-state index contributed by atoms with van der Waals surface area (Å²) >= 11 is 0. The minimum Gasteiger partial charge on any atom is -0.494 e. The Hall–Kier alpha value is -1.97. The molecule has 90 valence electrons. The molecule has 0 amide bonds. The van der Waals surface area contributed by atoms with E-state index < -0.39 is 0 Å². The molecule has 2 aromatic rings. The van der Waals surface area contributed by atoms with Crippen LogP contribution in [0.1, 0.15) is 0 Å². The largest absolute Gasteiger partial charge is 0.494 e. The summed E-state index contributed by atoms with van der Waals surface area (Å²) in [6.07, 6.45) is 1.93. The van der Waals surface area contributed by atoms with Crippen molar-refractivity contribution in [1.82, 2.24) is 9.78 Å². The predicted molar refractivity (Wildman–Crippen MR) is 69.5 cm³/mol. The maximum absolute atomic E-state index is 5.51. The molecule has 4 heteroatoms. The molecule has 1 aromatic carbocycles. The Balaban J connectivity index is 2.58. The van der Waals surface area contributed by atoms with Gasteiger partial charge in [-0.3, -0.25) is 4.68 Å². The highest BCUT2D eigenvalue weighted by molar-refractivity contribution is 5.76. The molecule has 1 aromatic heterocycles. The summed E-state index contributed by atoms with van der Waals surface area (Å²) in [7, 11) is 7.60. The summed E-state index contributed by atoms with van der Waals surface area (Å²) in [6, 6.07) is 8.05. The van der Waals surface area contributed by atoms with Crippen LogP contribution in [0.25, 0.3) is 11.3 Å². The van der Waals surface area contributed by atoms with Crippen LogP contribution in [0.4, 0.5) is 5.69 Å². The zero-order valence-corrected chi connectivity index (χ0v) is 10.6. The second-order valence-corrected chi connectivity index (χ2v) is 4.13. The number of nitrogens with zero attached hydrogens (tertiary/aromatic N) is 3. The highest BCUT2D eigenvalue weighted by Gasteiger charge is 2.13. The fourth-order valence-corrected chi connectivity index (χ4v) is 1.85. The van der Waals surface area contributed by atoms with Crippen LogP contribution in [0.2, 0.25) is 0 Å². The molecule has 0 aliphatic rings. The summed E-state index contributed by atoms with van der Waals surface area (Å²) in [4.78, 5) is 2.03. The summed E-state index contributed by atoms with van der Waals surface area (Å²) in [5.74, 6) is 0.858. The van der Waals surface area contributed by atoms with Crippen LogP contribution in [0.5, 0.6) is 5.75 Å². The third kappa shape index (κ3) is 2.11. The van der Waals surface area contributed by atoms with E-state index in [1.165, 1.54) is 0 Å². The van der Waals surface area contributed by atoms with Gasteiger partial charge >= 0.3 is 0 Å². The number of anilines is 1. The molecule has 0 radical (unpaired) electrons. The van der Waals surface area contributed by atoms with E-state index in [4.69, 9.17) is 4.74 Å². The second-order valence-electron chi connectivity index (χ2n) is 4.13. The molecule has 0 unspecified atom stereocenters. The fraction of sp³-hybridized carbons (Fsp3) is 0.308. The lowest BCUT2D eigenvalue weighted by molar-refractivity contribution is 0.417. The number of aryl methyl sites for hydroxylation is 1. The van der Waals surface area contributed by atoms with Gasteiger partial charge in [0.15, 0.2) is 5.75 Å². The molecule has 4 nitrogen and oxygen atoms in total. The van der Waals surface area contributed by atoms with Gasteiger partial charge in [0.1, 0.15) is 0 Å².